The summed E-state index contributed by atoms with van der Waals surface area (Å²) in [6, 6.07) is 0. The molecule has 0 amide bonds. The van der Waals surface area contributed by atoms with Crippen molar-refractivity contribution in [2.24, 2.45) is 10.9 Å². The highest BCUT2D eigenvalue weighted by Gasteiger charge is 2.18. The summed E-state index contributed by atoms with van der Waals surface area (Å²) in [7, 11) is 0. The third-order valence-electron chi connectivity index (χ3n) is 1.99. The van der Waals surface area contributed by atoms with Crippen molar-refractivity contribution in [3.63, 3.8) is 0 Å². The van der Waals surface area contributed by atoms with Crippen LogP contribution in [0.2, 0.25) is 0 Å². The summed E-state index contributed by atoms with van der Waals surface area (Å²) in [6.45, 7) is 8.73. The smallest absolute Gasteiger partial charge is 0.156 e. The number of hydrogen-bond acceptors (Lipinski definition) is 3. The van der Waals surface area contributed by atoms with E-state index in [0.717, 1.165) is 23.5 Å². The second kappa shape index (κ2) is 5.53. The Morgan fingerprint density at radius 2 is 2.38 bits per heavy atom. The molecule has 1 aliphatic rings. The number of thioether (sulfide) groups is 1. The van der Waals surface area contributed by atoms with Crippen LogP contribution in [0.4, 0.5) is 0 Å². The Bertz CT molecular complexity index is 178. The van der Waals surface area contributed by atoms with E-state index in [-0.39, 0.29) is 0 Å². The van der Waals surface area contributed by atoms with Crippen LogP contribution in [0.25, 0.3) is 0 Å². The van der Waals surface area contributed by atoms with E-state index in [1.807, 2.05) is 11.8 Å². The summed E-state index contributed by atoms with van der Waals surface area (Å²) in [5.41, 5.74) is 0. The van der Waals surface area contributed by atoms with Gasteiger partial charge in [-0.2, -0.15) is 0 Å². The topological polar surface area (TPSA) is 24.4 Å². The lowest BCUT2D eigenvalue weighted by Gasteiger charge is -2.09. The van der Waals surface area contributed by atoms with Gasteiger partial charge in [-0.1, -0.05) is 39.0 Å². The molecule has 1 rings (SSSR count). The Kier molecular flexibility index (Phi) is 4.64. The van der Waals surface area contributed by atoms with Crippen molar-refractivity contribution >= 4 is 16.9 Å². The second-order valence-corrected chi connectivity index (χ2v) is 5.24. The van der Waals surface area contributed by atoms with Crippen molar-refractivity contribution in [2.75, 3.05) is 13.1 Å². The van der Waals surface area contributed by atoms with Crippen LogP contribution in [-0.4, -0.2) is 23.5 Å². The van der Waals surface area contributed by atoms with Gasteiger partial charge in [-0.05, 0) is 12.3 Å². The zero-order chi connectivity index (χ0) is 9.68. The van der Waals surface area contributed by atoms with Gasteiger partial charge in [0, 0.05) is 11.8 Å². The van der Waals surface area contributed by atoms with E-state index in [2.05, 4.69) is 31.1 Å². The molecule has 0 bridgehead atoms. The Balaban J connectivity index is 2.16. The summed E-state index contributed by atoms with van der Waals surface area (Å²) in [5, 5.41) is 5.28. The lowest BCUT2D eigenvalue weighted by atomic mass is 10.2. The molecule has 0 aromatic carbocycles. The molecule has 0 aromatic heterocycles. The molecule has 1 atom stereocenters. The molecule has 3 heteroatoms. The summed E-state index contributed by atoms with van der Waals surface area (Å²) < 4.78 is 0. The molecule has 1 aliphatic heterocycles. The zero-order valence-corrected chi connectivity index (χ0v) is 9.66. The summed E-state index contributed by atoms with van der Waals surface area (Å²) in [4.78, 5) is 4.48. The molecule has 1 heterocycles. The van der Waals surface area contributed by atoms with Gasteiger partial charge in [-0.3, -0.25) is 4.99 Å². The molecule has 0 aliphatic carbocycles. The van der Waals surface area contributed by atoms with Crippen LogP contribution in [0.5, 0.6) is 0 Å². The molecule has 0 saturated carbocycles. The first-order valence-corrected chi connectivity index (χ1v) is 6.05. The average molecular weight is 200 g/mol. The minimum Gasteiger partial charge on any atom is -0.365 e. The van der Waals surface area contributed by atoms with E-state index in [1.165, 1.54) is 12.8 Å². The number of rotatable bonds is 4. The van der Waals surface area contributed by atoms with E-state index in [0.29, 0.717) is 5.92 Å². The van der Waals surface area contributed by atoms with Gasteiger partial charge in [0.2, 0.25) is 0 Å². The SMILES string of the molecule is CCCC1CN=C(NCC(C)C)S1. The molecule has 0 aromatic rings. The fourth-order valence-electron chi connectivity index (χ4n) is 1.28. The van der Waals surface area contributed by atoms with Crippen molar-refractivity contribution in [3.8, 4) is 0 Å². The van der Waals surface area contributed by atoms with Gasteiger partial charge in [0.25, 0.3) is 0 Å². The third-order valence-corrected chi connectivity index (χ3v) is 3.20. The predicted octanol–water partition coefficient (Wildman–Crippen LogP) is 2.50. The highest BCUT2D eigenvalue weighted by atomic mass is 32.2. The maximum atomic E-state index is 4.48. The standard InChI is InChI=1S/C10H20N2S/c1-4-5-9-7-12-10(13-9)11-6-8(2)3/h8-9H,4-7H2,1-3H3,(H,11,12). The fourth-order valence-corrected chi connectivity index (χ4v) is 2.41. The first-order chi connectivity index (χ1) is 6.22. The van der Waals surface area contributed by atoms with Crippen molar-refractivity contribution in [1.29, 1.82) is 0 Å². The van der Waals surface area contributed by atoms with Crippen LogP contribution in [0.3, 0.4) is 0 Å². The maximum Gasteiger partial charge on any atom is 0.156 e. The third kappa shape index (κ3) is 4.03. The van der Waals surface area contributed by atoms with E-state index in [9.17, 15) is 0 Å². The summed E-state index contributed by atoms with van der Waals surface area (Å²) in [5.74, 6) is 0.702. The molecular formula is C10H20N2S. The molecule has 2 nitrogen and oxygen atoms in total. The maximum absolute atomic E-state index is 4.48. The van der Waals surface area contributed by atoms with Crippen LogP contribution in [0.15, 0.2) is 4.99 Å². The number of nitrogens with one attached hydrogen (secondary N) is 1. The van der Waals surface area contributed by atoms with Gasteiger partial charge in [0.05, 0.1) is 6.54 Å². The molecule has 0 saturated heterocycles. The first-order valence-electron chi connectivity index (χ1n) is 5.17. The molecule has 0 fully saturated rings. The highest BCUT2D eigenvalue weighted by molar-refractivity contribution is 8.14. The largest absolute Gasteiger partial charge is 0.365 e. The van der Waals surface area contributed by atoms with Gasteiger partial charge in [-0.15, -0.1) is 0 Å². The predicted molar refractivity (Wildman–Crippen MR) is 61.4 cm³/mol. The van der Waals surface area contributed by atoms with Crippen LogP contribution in [0.1, 0.15) is 33.6 Å². The van der Waals surface area contributed by atoms with Crippen molar-refractivity contribution in [1.82, 2.24) is 5.32 Å². The molecule has 0 spiro atoms. The van der Waals surface area contributed by atoms with E-state index in [4.69, 9.17) is 0 Å². The Morgan fingerprint density at radius 3 is 3.00 bits per heavy atom. The van der Waals surface area contributed by atoms with Crippen LogP contribution in [0, 0.1) is 5.92 Å². The minimum atomic E-state index is 0.702. The lowest BCUT2D eigenvalue weighted by molar-refractivity contribution is 0.627. The van der Waals surface area contributed by atoms with Gasteiger partial charge in [0.15, 0.2) is 5.17 Å². The number of aliphatic imine (C=N–C) groups is 1. The van der Waals surface area contributed by atoms with Gasteiger partial charge >= 0.3 is 0 Å². The van der Waals surface area contributed by atoms with Gasteiger partial charge in [-0.25, -0.2) is 0 Å². The quantitative estimate of drug-likeness (QED) is 0.754. The van der Waals surface area contributed by atoms with Gasteiger partial charge in [0.1, 0.15) is 0 Å². The Morgan fingerprint density at radius 1 is 1.62 bits per heavy atom. The van der Waals surface area contributed by atoms with Crippen molar-refractivity contribution in [2.45, 2.75) is 38.9 Å². The number of hydrogen-bond donors (Lipinski definition) is 1. The van der Waals surface area contributed by atoms with Crippen molar-refractivity contribution < 1.29 is 0 Å². The van der Waals surface area contributed by atoms with E-state index in [1.54, 1.807) is 0 Å². The van der Waals surface area contributed by atoms with Crippen LogP contribution in [-0.2, 0) is 0 Å². The Hall–Kier alpha value is -0.180. The monoisotopic (exact) mass is 200 g/mol. The average Bonchev–Trinajstić information content (AvgIpc) is 2.50. The van der Waals surface area contributed by atoms with Crippen LogP contribution < -0.4 is 5.32 Å². The molecule has 0 radical (unpaired) electrons. The minimum absolute atomic E-state index is 0.702. The fraction of sp³-hybridized carbons (Fsp3) is 0.900. The summed E-state index contributed by atoms with van der Waals surface area (Å²) in [6.07, 6.45) is 2.56. The van der Waals surface area contributed by atoms with Crippen molar-refractivity contribution in [3.05, 3.63) is 0 Å². The van der Waals surface area contributed by atoms with E-state index >= 15 is 0 Å². The molecule has 13 heavy (non-hydrogen) atoms. The zero-order valence-electron chi connectivity index (χ0n) is 8.84. The summed E-state index contributed by atoms with van der Waals surface area (Å²) >= 11 is 1.92. The second-order valence-electron chi connectivity index (χ2n) is 3.95. The molecule has 76 valence electrons. The lowest BCUT2D eigenvalue weighted by Crippen LogP contribution is -2.24. The van der Waals surface area contributed by atoms with E-state index < -0.39 is 0 Å². The molecule has 1 unspecified atom stereocenters. The molecular weight excluding hydrogens is 180 g/mol. The van der Waals surface area contributed by atoms with Gasteiger partial charge < -0.3 is 5.32 Å². The Labute approximate surface area is 85.6 Å². The molecule has 1 N–H and O–H groups in total. The normalized spacial score (nSPS) is 22.2. The number of amidine groups is 1. The van der Waals surface area contributed by atoms with Crippen LogP contribution >= 0.6 is 11.8 Å². The first kappa shape index (κ1) is 10.9. The number of nitrogens with zero attached hydrogens (tertiary/aromatic N) is 1. The highest BCUT2D eigenvalue weighted by Crippen LogP contribution is 2.23.